The summed E-state index contributed by atoms with van der Waals surface area (Å²) < 4.78 is 3.17. The van der Waals surface area contributed by atoms with Gasteiger partial charge in [0.15, 0.2) is 6.29 Å². The van der Waals surface area contributed by atoms with Crippen LogP contribution in [0.1, 0.15) is 10.4 Å². The lowest BCUT2D eigenvalue weighted by Gasteiger charge is -2.01. The average molecular weight is 190 g/mol. The monoisotopic (exact) mass is 190 g/mol. The number of aryl methyl sites for hydroxylation is 1. The highest BCUT2D eigenvalue weighted by Crippen LogP contribution is 2.13. The quantitative estimate of drug-likeness (QED) is 0.621. The topological polar surface area (TPSA) is 44.0 Å². The van der Waals surface area contributed by atoms with Crippen LogP contribution < -0.4 is 5.56 Å². The van der Waals surface area contributed by atoms with Gasteiger partial charge < -0.3 is 0 Å². The molecular weight excluding hydrogens is 180 g/mol. The molecule has 0 N–H and O–H groups in total. The molecule has 0 fully saturated rings. The fraction of sp³-hybridized carbons (Fsp3) is 0.200. The molecule has 2 aromatic rings. The van der Waals surface area contributed by atoms with E-state index in [0.29, 0.717) is 16.5 Å². The second-order valence-corrected chi connectivity index (χ2v) is 3.21. The zero-order valence-electron chi connectivity index (χ0n) is 8.02. The van der Waals surface area contributed by atoms with E-state index >= 15 is 0 Å². The number of carbonyl (C=O) groups excluding carboxylic acids is 1. The van der Waals surface area contributed by atoms with E-state index in [0.717, 1.165) is 6.29 Å². The molecule has 4 nitrogen and oxygen atoms in total. The molecule has 0 aliphatic heterocycles. The normalized spacial score (nSPS) is 10.7. The molecule has 0 unspecified atom stereocenters. The van der Waals surface area contributed by atoms with Crippen molar-refractivity contribution < 1.29 is 4.79 Å². The Morgan fingerprint density at radius 3 is 2.57 bits per heavy atom. The number of aldehydes is 1. The summed E-state index contributed by atoms with van der Waals surface area (Å²) in [7, 11) is 3.44. The highest BCUT2D eigenvalue weighted by Gasteiger charge is 2.10. The summed E-state index contributed by atoms with van der Waals surface area (Å²) in [6.07, 6.45) is 0.766. The van der Waals surface area contributed by atoms with Gasteiger partial charge >= 0.3 is 0 Å². The first kappa shape index (κ1) is 8.74. The molecule has 0 spiro atoms. The number of nitrogens with zero attached hydrogens (tertiary/aromatic N) is 2. The molecule has 1 aromatic carbocycles. The van der Waals surface area contributed by atoms with E-state index in [2.05, 4.69) is 0 Å². The summed E-state index contributed by atoms with van der Waals surface area (Å²) in [5.74, 6) is 0. The summed E-state index contributed by atoms with van der Waals surface area (Å²) in [6.45, 7) is 0. The minimum atomic E-state index is -0.0776. The predicted molar refractivity (Wildman–Crippen MR) is 53.5 cm³/mol. The number of hydrogen-bond acceptors (Lipinski definition) is 2. The molecular formula is C10H10N2O2. The van der Waals surface area contributed by atoms with Gasteiger partial charge in [-0.1, -0.05) is 6.07 Å². The first-order valence-electron chi connectivity index (χ1n) is 4.26. The molecule has 4 heteroatoms. The van der Waals surface area contributed by atoms with Crippen molar-refractivity contribution in [1.29, 1.82) is 0 Å². The Morgan fingerprint density at radius 2 is 1.93 bits per heavy atom. The van der Waals surface area contributed by atoms with E-state index < -0.39 is 0 Å². The number of hydrogen-bond donors (Lipinski definition) is 0. The van der Waals surface area contributed by atoms with Crippen molar-refractivity contribution in [3.05, 3.63) is 34.1 Å². The van der Waals surface area contributed by atoms with Crippen LogP contribution in [-0.4, -0.2) is 15.6 Å². The molecule has 1 heterocycles. The molecule has 0 atom stereocenters. The fourth-order valence-electron chi connectivity index (χ4n) is 1.65. The molecule has 0 saturated carbocycles. The summed E-state index contributed by atoms with van der Waals surface area (Å²) in [4.78, 5) is 22.4. The van der Waals surface area contributed by atoms with E-state index in [1.165, 1.54) is 4.68 Å². The van der Waals surface area contributed by atoms with Crippen LogP contribution in [0.4, 0.5) is 0 Å². The van der Waals surface area contributed by atoms with Gasteiger partial charge in [0.05, 0.1) is 10.9 Å². The van der Waals surface area contributed by atoms with E-state index in [-0.39, 0.29) is 5.56 Å². The molecule has 0 saturated heterocycles. The zero-order valence-corrected chi connectivity index (χ0v) is 8.02. The van der Waals surface area contributed by atoms with Crippen molar-refractivity contribution in [3.63, 3.8) is 0 Å². The maximum absolute atomic E-state index is 11.6. The zero-order chi connectivity index (χ0) is 10.3. The molecule has 1 aromatic heterocycles. The molecule has 0 aliphatic carbocycles. The maximum atomic E-state index is 11.6. The van der Waals surface area contributed by atoms with Gasteiger partial charge in [-0.2, -0.15) is 0 Å². The van der Waals surface area contributed by atoms with Crippen LogP contribution in [0.5, 0.6) is 0 Å². The number of para-hydroxylation sites is 1. The van der Waals surface area contributed by atoms with Crippen molar-refractivity contribution in [1.82, 2.24) is 9.36 Å². The van der Waals surface area contributed by atoms with E-state index in [9.17, 15) is 9.59 Å². The average Bonchev–Trinajstić information content (AvgIpc) is 2.44. The van der Waals surface area contributed by atoms with E-state index in [1.54, 1.807) is 37.0 Å². The Kier molecular flexibility index (Phi) is 1.77. The maximum Gasteiger partial charge on any atom is 0.274 e. The standard InChI is InChI=1S/C10H10N2O2/c1-11-9-7(6-13)4-3-5-8(9)10(14)12(11)2/h3-6H,1-2H3. The SMILES string of the molecule is Cn1c(=O)c2cccc(C=O)c2n1C. The van der Waals surface area contributed by atoms with Gasteiger partial charge in [0.1, 0.15) is 0 Å². The second kappa shape index (κ2) is 2.83. The van der Waals surface area contributed by atoms with Crippen LogP contribution in [0.25, 0.3) is 10.9 Å². The Balaban J connectivity index is 3.09. The van der Waals surface area contributed by atoms with Gasteiger partial charge in [-0.15, -0.1) is 0 Å². The van der Waals surface area contributed by atoms with Gasteiger partial charge in [-0.25, -0.2) is 0 Å². The summed E-state index contributed by atoms with van der Waals surface area (Å²) in [5, 5.41) is 0.583. The third-order valence-electron chi connectivity index (χ3n) is 2.49. The van der Waals surface area contributed by atoms with E-state index in [1.807, 2.05) is 0 Å². The lowest BCUT2D eigenvalue weighted by molar-refractivity contribution is 0.112. The molecule has 0 aliphatic rings. The summed E-state index contributed by atoms with van der Waals surface area (Å²) >= 11 is 0. The van der Waals surface area contributed by atoms with Gasteiger partial charge in [0, 0.05) is 19.7 Å². The van der Waals surface area contributed by atoms with Crippen LogP contribution >= 0.6 is 0 Å². The number of carbonyl (C=O) groups is 1. The number of benzene rings is 1. The van der Waals surface area contributed by atoms with Gasteiger partial charge in [0.2, 0.25) is 0 Å². The molecule has 0 amide bonds. The van der Waals surface area contributed by atoms with Crippen molar-refractivity contribution in [2.45, 2.75) is 0 Å². The lowest BCUT2D eigenvalue weighted by atomic mass is 10.1. The number of aromatic nitrogens is 2. The van der Waals surface area contributed by atoms with Gasteiger partial charge in [-0.05, 0) is 12.1 Å². The Morgan fingerprint density at radius 1 is 1.21 bits per heavy atom. The minimum Gasteiger partial charge on any atom is -0.298 e. The second-order valence-electron chi connectivity index (χ2n) is 3.21. The number of rotatable bonds is 1. The number of fused-ring (bicyclic) bond motifs is 1. The molecule has 0 bridgehead atoms. The minimum absolute atomic E-state index is 0.0776. The molecule has 2 rings (SSSR count). The molecule has 0 radical (unpaired) electrons. The van der Waals surface area contributed by atoms with Crippen molar-refractivity contribution in [2.24, 2.45) is 14.1 Å². The van der Waals surface area contributed by atoms with Gasteiger partial charge in [-0.3, -0.25) is 19.0 Å². The smallest absolute Gasteiger partial charge is 0.274 e. The van der Waals surface area contributed by atoms with Crippen molar-refractivity contribution in [3.8, 4) is 0 Å². The predicted octanol–water partition coefficient (Wildman–Crippen LogP) is 0.689. The Bertz CT molecular complexity index is 563. The molecule has 14 heavy (non-hydrogen) atoms. The highest BCUT2D eigenvalue weighted by atomic mass is 16.1. The Hall–Kier alpha value is -1.84. The van der Waals surface area contributed by atoms with Crippen LogP contribution in [-0.2, 0) is 14.1 Å². The van der Waals surface area contributed by atoms with E-state index in [4.69, 9.17) is 0 Å². The van der Waals surface area contributed by atoms with Crippen molar-refractivity contribution in [2.75, 3.05) is 0 Å². The summed E-state index contributed by atoms with van der Waals surface area (Å²) in [6, 6.07) is 5.15. The lowest BCUT2D eigenvalue weighted by Crippen LogP contribution is -2.16. The largest absolute Gasteiger partial charge is 0.298 e. The highest BCUT2D eigenvalue weighted by molar-refractivity contribution is 5.95. The fourth-order valence-corrected chi connectivity index (χ4v) is 1.65. The summed E-state index contributed by atoms with van der Waals surface area (Å²) in [5.41, 5.74) is 1.16. The van der Waals surface area contributed by atoms with Crippen LogP contribution in [0, 0.1) is 0 Å². The van der Waals surface area contributed by atoms with Crippen LogP contribution in [0.3, 0.4) is 0 Å². The van der Waals surface area contributed by atoms with Crippen LogP contribution in [0.15, 0.2) is 23.0 Å². The first-order valence-corrected chi connectivity index (χ1v) is 4.26. The first-order chi connectivity index (χ1) is 6.66. The third kappa shape index (κ3) is 0.937. The third-order valence-corrected chi connectivity index (χ3v) is 2.49. The van der Waals surface area contributed by atoms with Gasteiger partial charge in [0.25, 0.3) is 5.56 Å². The molecule has 72 valence electrons. The Labute approximate surface area is 80.3 Å². The van der Waals surface area contributed by atoms with Crippen molar-refractivity contribution >= 4 is 17.2 Å². The van der Waals surface area contributed by atoms with Crippen LogP contribution in [0.2, 0.25) is 0 Å².